The molecule has 4 heterocycles. The van der Waals surface area contributed by atoms with Crippen molar-refractivity contribution in [3.05, 3.63) is 46.8 Å². The highest BCUT2D eigenvalue weighted by Crippen LogP contribution is 2.40. The fourth-order valence-electron chi connectivity index (χ4n) is 5.29. The number of para-hydroxylation sites is 2. The molecule has 33 heavy (non-hydrogen) atoms. The van der Waals surface area contributed by atoms with Gasteiger partial charge < -0.3 is 14.6 Å². The maximum absolute atomic E-state index is 10.2. The molecule has 3 aromatic rings. The summed E-state index contributed by atoms with van der Waals surface area (Å²) < 4.78 is 2.14. The number of nitrogens with zero attached hydrogens (tertiary/aromatic N) is 7. The van der Waals surface area contributed by atoms with Gasteiger partial charge in [-0.05, 0) is 31.9 Å². The van der Waals surface area contributed by atoms with E-state index in [4.69, 9.17) is 11.6 Å². The lowest BCUT2D eigenvalue weighted by Crippen LogP contribution is -2.38. The lowest BCUT2D eigenvalue weighted by molar-refractivity contribution is 0.484. The molecule has 2 saturated heterocycles. The molecule has 168 valence electrons. The zero-order valence-electron chi connectivity index (χ0n) is 18.7. The number of anilines is 2. The Bertz CT molecular complexity index is 1310. The number of imidazole rings is 1. The molecule has 5 rings (SSSR count). The van der Waals surface area contributed by atoms with E-state index in [1.54, 1.807) is 0 Å². The van der Waals surface area contributed by atoms with E-state index in [1.165, 1.54) is 0 Å². The normalized spacial score (nSPS) is 17.4. The van der Waals surface area contributed by atoms with Gasteiger partial charge in [0.15, 0.2) is 5.65 Å². The maximum atomic E-state index is 10.2. The zero-order chi connectivity index (χ0) is 22.2. The topological polar surface area (TPSA) is 75.7 Å². The van der Waals surface area contributed by atoms with Gasteiger partial charge in [-0.2, -0.15) is 10.5 Å². The first-order chi connectivity index (χ1) is 15.7. The Morgan fingerprint density at radius 1 is 1.03 bits per heavy atom. The van der Waals surface area contributed by atoms with E-state index < -0.39 is 0 Å². The van der Waals surface area contributed by atoms with Crippen molar-refractivity contribution in [2.24, 2.45) is 5.92 Å². The predicted molar refractivity (Wildman–Crippen MR) is 132 cm³/mol. The van der Waals surface area contributed by atoms with Crippen molar-refractivity contribution in [1.29, 1.82) is 10.5 Å². The third-order valence-electron chi connectivity index (χ3n) is 6.98. The van der Waals surface area contributed by atoms with Crippen LogP contribution in [-0.2, 0) is 0 Å². The largest absolute Gasteiger partial charge is 0.369 e. The van der Waals surface area contributed by atoms with Crippen molar-refractivity contribution in [3.8, 4) is 12.1 Å². The van der Waals surface area contributed by atoms with Gasteiger partial charge >= 0.3 is 0 Å². The number of rotatable bonds is 2. The van der Waals surface area contributed by atoms with Crippen LogP contribution in [0.25, 0.3) is 21.5 Å². The SMILES string of the molecule is Cl.[C-]#[N+]C1CCN(c2c(C)c(N3CCC(C#N)CC3)n3c(nc4ccccc43)c2C#N)CC1. The van der Waals surface area contributed by atoms with E-state index in [9.17, 15) is 10.5 Å². The molecule has 7 nitrogen and oxygen atoms in total. The van der Waals surface area contributed by atoms with Gasteiger partial charge in [-0.1, -0.05) is 12.1 Å². The molecular formula is C25H26ClN7. The number of benzene rings is 1. The van der Waals surface area contributed by atoms with E-state index in [-0.39, 0.29) is 24.4 Å². The summed E-state index contributed by atoms with van der Waals surface area (Å²) in [6.45, 7) is 12.6. The lowest BCUT2D eigenvalue weighted by Gasteiger charge is -2.36. The van der Waals surface area contributed by atoms with Crippen molar-refractivity contribution in [3.63, 3.8) is 0 Å². The number of halogens is 1. The predicted octanol–water partition coefficient (Wildman–Crippen LogP) is 4.72. The van der Waals surface area contributed by atoms with Gasteiger partial charge in [-0.15, -0.1) is 12.4 Å². The van der Waals surface area contributed by atoms with Crippen LogP contribution in [0.3, 0.4) is 0 Å². The Kier molecular flexibility index (Phi) is 6.32. The number of hydrogen-bond donors (Lipinski definition) is 0. The zero-order valence-corrected chi connectivity index (χ0v) is 19.5. The summed E-state index contributed by atoms with van der Waals surface area (Å²) in [5.74, 6) is 1.18. The first-order valence-electron chi connectivity index (χ1n) is 11.3. The molecule has 0 amide bonds. The second-order valence-corrected chi connectivity index (χ2v) is 8.78. The molecule has 8 heteroatoms. The molecule has 1 aromatic carbocycles. The van der Waals surface area contributed by atoms with Crippen LogP contribution in [-0.4, -0.2) is 41.6 Å². The average molecular weight is 460 g/mol. The van der Waals surface area contributed by atoms with E-state index in [0.29, 0.717) is 11.2 Å². The summed E-state index contributed by atoms with van der Waals surface area (Å²) in [6.07, 6.45) is 3.32. The molecule has 0 saturated carbocycles. The Labute approximate surface area is 200 Å². The second-order valence-electron chi connectivity index (χ2n) is 8.78. The molecule has 2 aliphatic rings. The van der Waals surface area contributed by atoms with Crippen molar-refractivity contribution < 1.29 is 0 Å². The molecule has 0 unspecified atom stereocenters. The molecule has 0 radical (unpaired) electrons. The molecule has 0 spiro atoms. The number of piperidine rings is 2. The van der Waals surface area contributed by atoms with E-state index in [0.717, 1.165) is 80.0 Å². The smallest absolute Gasteiger partial charge is 0.227 e. The molecule has 0 atom stereocenters. The van der Waals surface area contributed by atoms with Crippen LogP contribution in [0.5, 0.6) is 0 Å². The van der Waals surface area contributed by atoms with Gasteiger partial charge in [-0.3, -0.25) is 4.40 Å². The van der Waals surface area contributed by atoms with E-state index in [1.807, 2.05) is 18.2 Å². The van der Waals surface area contributed by atoms with Crippen LogP contribution >= 0.6 is 12.4 Å². The summed E-state index contributed by atoms with van der Waals surface area (Å²) in [6, 6.07) is 13.0. The van der Waals surface area contributed by atoms with Crippen molar-refractivity contribution in [1.82, 2.24) is 9.38 Å². The Morgan fingerprint density at radius 2 is 1.70 bits per heavy atom. The highest BCUT2D eigenvalue weighted by atomic mass is 35.5. The van der Waals surface area contributed by atoms with Crippen LogP contribution < -0.4 is 9.80 Å². The van der Waals surface area contributed by atoms with Crippen LogP contribution in [0.2, 0.25) is 0 Å². The van der Waals surface area contributed by atoms with Gasteiger partial charge in [0.05, 0.1) is 22.8 Å². The number of fused-ring (bicyclic) bond motifs is 3. The second kappa shape index (κ2) is 9.18. The number of aromatic nitrogens is 2. The Morgan fingerprint density at radius 3 is 2.33 bits per heavy atom. The van der Waals surface area contributed by atoms with Crippen molar-refractivity contribution >= 4 is 40.6 Å². The van der Waals surface area contributed by atoms with Crippen LogP contribution in [0, 0.1) is 42.1 Å². The van der Waals surface area contributed by atoms with Gasteiger partial charge in [-0.25, -0.2) is 11.6 Å². The summed E-state index contributed by atoms with van der Waals surface area (Å²) in [5.41, 5.74) is 5.21. The highest BCUT2D eigenvalue weighted by molar-refractivity contribution is 5.90. The monoisotopic (exact) mass is 459 g/mol. The van der Waals surface area contributed by atoms with Crippen LogP contribution in [0.1, 0.15) is 36.8 Å². The molecule has 2 aliphatic heterocycles. The first kappa shape index (κ1) is 22.7. The average Bonchev–Trinajstić information content (AvgIpc) is 3.22. The number of hydrogen-bond acceptors (Lipinski definition) is 5. The fraction of sp³-hybridized carbons (Fsp3) is 0.440. The van der Waals surface area contributed by atoms with Crippen LogP contribution in [0.15, 0.2) is 24.3 Å². The molecule has 0 bridgehead atoms. The minimum Gasteiger partial charge on any atom is -0.369 e. The molecule has 2 fully saturated rings. The first-order valence-corrected chi connectivity index (χ1v) is 11.3. The van der Waals surface area contributed by atoms with Gasteiger partial charge in [0, 0.05) is 50.5 Å². The lowest BCUT2D eigenvalue weighted by atomic mass is 9.97. The quantitative estimate of drug-likeness (QED) is 0.518. The van der Waals surface area contributed by atoms with Gasteiger partial charge in [0.25, 0.3) is 0 Å². The van der Waals surface area contributed by atoms with E-state index >= 15 is 0 Å². The summed E-state index contributed by atoms with van der Waals surface area (Å²) in [7, 11) is 0. The summed E-state index contributed by atoms with van der Waals surface area (Å²) in [5, 5.41) is 19.6. The summed E-state index contributed by atoms with van der Waals surface area (Å²) in [4.78, 5) is 13.3. The van der Waals surface area contributed by atoms with Crippen LogP contribution in [0.4, 0.5) is 11.5 Å². The van der Waals surface area contributed by atoms with Gasteiger partial charge in [0.2, 0.25) is 6.04 Å². The molecular weight excluding hydrogens is 434 g/mol. The molecule has 2 aromatic heterocycles. The fourth-order valence-corrected chi connectivity index (χ4v) is 5.29. The van der Waals surface area contributed by atoms with Crippen molar-refractivity contribution in [2.45, 2.75) is 38.6 Å². The van der Waals surface area contributed by atoms with Gasteiger partial charge in [0.1, 0.15) is 17.5 Å². The minimum atomic E-state index is 0. The highest BCUT2D eigenvalue weighted by Gasteiger charge is 2.31. The Hall–Kier alpha value is -3.47. The standard InChI is InChI=1S/C25H25N7.ClH/c1-17-23(30-13-9-19(28-2)10-14-30)20(16-27)24-29-21-5-3-4-6-22(21)32(24)25(17)31-11-7-18(15-26)8-12-31;/h3-6,18-19H,7-14H2,1H3;1H. The van der Waals surface area contributed by atoms with E-state index in [2.05, 4.69) is 44.2 Å². The number of pyridine rings is 1. The number of nitriles is 2. The third-order valence-corrected chi connectivity index (χ3v) is 6.98. The van der Waals surface area contributed by atoms with Crippen molar-refractivity contribution in [2.75, 3.05) is 36.0 Å². The Balaban J connectivity index is 0.00000259. The summed E-state index contributed by atoms with van der Waals surface area (Å²) >= 11 is 0. The molecule has 0 N–H and O–H groups in total. The third kappa shape index (κ3) is 3.71. The minimum absolute atomic E-state index is 0. The maximum Gasteiger partial charge on any atom is 0.227 e. The molecule has 0 aliphatic carbocycles.